The molecule has 0 saturated heterocycles. The standard InChI is InChI=1S/C12H7N2/c13-8-10-4-1-2-6-12(10)11-5-3-7-14-9-11/h1-7H. The van der Waals surface area contributed by atoms with Crippen LogP contribution >= 0.6 is 0 Å². The number of hydrogen-bond donors (Lipinski definition) is 0. The first-order valence-electron chi connectivity index (χ1n) is 4.24. The average molecular weight is 179 g/mol. The van der Waals surface area contributed by atoms with Crippen LogP contribution in [0, 0.1) is 17.5 Å². The van der Waals surface area contributed by atoms with Crippen molar-refractivity contribution in [2.45, 2.75) is 0 Å². The van der Waals surface area contributed by atoms with Gasteiger partial charge in [-0.25, -0.2) is 0 Å². The van der Waals surface area contributed by atoms with Crippen LogP contribution in [-0.2, 0) is 0 Å². The minimum atomic E-state index is 0.650. The fourth-order valence-corrected chi connectivity index (χ4v) is 1.29. The molecular weight excluding hydrogens is 172 g/mol. The van der Waals surface area contributed by atoms with Crippen molar-refractivity contribution in [3.8, 4) is 17.2 Å². The molecule has 0 spiro atoms. The van der Waals surface area contributed by atoms with Gasteiger partial charge in [0.15, 0.2) is 0 Å². The molecule has 1 aromatic carbocycles. The number of nitriles is 1. The molecule has 0 fully saturated rings. The Morgan fingerprint density at radius 3 is 2.71 bits per heavy atom. The maximum atomic E-state index is 8.90. The van der Waals surface area contributed by atoms with Crippen molar-refractivity contribution in [3.63, 3.8) is 0 Å². The van der Waals surface area contributed by atoms with Crippen molar-refractivity contribution in [3.05, 3.63) is 54.4 Å². The van der Waals surface area contributed by atoms with E-state index in [1.807, 2.05) is 30.3 Å². The summed E-state index contributed by atoms with van der Waals surface area (Å²) in [6.07, 6.45) is 4.52. The predicted octanol–water partition coefficient (Wildman–Crippen LogP) is 2.42. The van der Waals surface area contributed by atoms with Crippen LogP contribution < -0.4 is 0 Å². The molecule has 0 amide bonds. The Bertz CT molecular complexity index is 469. The topological polar surface area (TPSA) is 36.7 Å². The van der Waals surface area contributed by atoms with Gasteiger partial charge in [0, 0.05) is 17.3 Å². The summed E-state index contributed by atoms with van der Waals surface area (Å²) in [5.41, 5.74) is 2.38. The van der Waals surface area contributed by atoms with E-state index in [0.29, 0.717) is 5.56 Å². The Labute approximate surface area is 82.5 Å². The maximum absolute atomic E-state index is 8.90. The van der Waals surface area contributed by atoms with E-state index in [1.54, 1.807) is 12.3 Å². The second kappa shape index (κ2) is 3.71. The van der Waals surface area contributed by atoms with E-state index < -0.39 is 0 Å². The molecular formula is C12H7N2. The Morgan fingerprint density at radius 1 is 1.14 bits per heavy atom. The monoisotopic (exact) mass is 179 g/mol. The molecule has 0 N–H and O–H groups in total. The number of hydrogen-bond acceptors (Lipinski definition) is 2. The van der Waals surface area contributed by atoms with Gasteiger partial charge in [0.1, 0.15) is 0 Å². The van der Waals surface area contributed by atoms with Crippen LogP contribution in [0.5, 0.6) is 0 Å². The molecule has 2 heteroatoms. The highest BCUT2D eigenvalue weighted by molar-refractivity contribution is 5.68. The predicted molar refractivity (Wildman–Crippen MR) is 53.2 cm³/mol. The van der Waals surface area contributed by atoms with Crippen molar-refractivity contribution < 1.29 is 0 Å². The lowest BCUT2D eigenvalue weighted by molar-refractivity contribution is 1.31. The first kappa shape index (κ1) is 8.46. The van der Waals surface area contributed by atoms with Gasteiger partial charge in [-0.1, -0.05) is 24.3 Å². The smallest absolute Gasteiger partial charge is 0.0998 e. The van der Waals surface area contributed by atoms with E-state index in [-0.39, 0.29) is 0 Å². The third-order valence-corrected chi connectivity index (χ3v) is 1.95. The van der Waals surface area contributed by atoms with Crippen molar-refractivity contribution in [2.75, 3.05) is 0 Å². The molecule has 14 heavy (non-hydrogen) atoms. The van der Waals surface area contributed by atoms with E-state index >= 15 is 0 Å². The summed E-state index contributed by atoms with van der Waals surface area (Å²) in [4.78, 5) is 3.90. The average Bonchev–Trinajstić information content (AvgIpc) is 2.30. The summed E-state index contributed by atoms with van der Waals surface area (Å²) < 4.78 is 0. The largest absolute Gasteiger partial charge is 0.254 e. The Hall–Kier alpha value is -2.14. The Kier molecular flexibility index (Phi) is 2.24. The number of rotatable bonds is 1. The molecule has 1 aromatic heterocycles. The fraction of sp³-hybridized carbons (Fsp3) is 0. The first-order valence-corrected chi connectivity index (χ1v) is 4.24. The first-order chi connectivity index (χ1) is 6.92. The molecule has 0 aliphatic carbocycles. The van der Waals surface area contributed by atoms with Crippen LogP contribution in [-0.4, -0.2) is 4.98 Å². The molecule has 0 atom stereocenters. The third-order valence-electron chi connectivity index (χ3n) is 1.95. The highest BCUT2D eigenvalue weighted by Crippen LogP contribution is 2.20. The number of nitrogens with zero attached hydrogens (tertiary/aromatic N) is 2. The molecule has 0 saturated carbocycles. The zero-order valence-electron chi connectivity index (χ0n) is 7.44. The molecule has 2 aromatic rings. The van der Waals surface area contributed by atoms with E-state index in [4.69, 9.17) is 5.26 Å². The van der Waals surface area contributed by atoms with Gasteiger partial charge in [0.2, 0.25) is 0 Å². The molecule has 0 aliphatic heterocycles. The van der Waals surface area contributed by atoms with Gasteiger partial charge >= 0.3 is 0 Å². The van der Waals surface area contributed by atoms with Crippen molar-refractivity contribution in [1.29, 1.82) is 5.26 Å². The van der Waals surface area contributed by atoms with E-state index in [2.05, 4.69) is 17.3 Å². The van der Waals surface area contributed by atoms with Crippen LogP contribution in [0.25, 0.3) is 11.1 Å². The van der Waals surface area contributed by atoms with Crippen molar-refractivity contribution in [1.82, 2.24) is 4.98 Å². The molecule has 1 heterocycles. The fourth-order valence-electron chi connectivity index (χ4n) is 1.29. The molecule has 1 radical (unpaired) electrons. The SMILES string of the molecule is N#Cc1ccccc1-c1[c]nccc1. The second-order valence-corrected chi connectivity index (χ2v) is 2.82. The van der Waals surface area contributed by atoms with Crippen LogP contribution in [0.1, 0.15) is 5.56 Å². The minimum Gasteiger partial charge on any atom is -0.254 e. The highest BCUT2D eigenvalue weighted by atomic mass is 14.6. The number of aromatic nitrogens is 1. The third kappa shape index (κ3) is 1.48. The molecule has 2 nitrogen and oxygen atoms in total. The lowest BCUT2D eigenvalue weighted by Gasteiger charge is -2.01. The van der Waals surface area contributed by atoms with Crippen molar-refractivity contribution >= 4 is 0 Å². The normalized spacial score (nSPS) is 9.36. The van der Waals surface area contributed by atoms with Crippen LogP contribution in [0.4, 0.5) is 0 Å². The maximum Gasteiger partial charge on any atom is 0.0998 e. The highest BCUT2D eigenvalue weighted by Gasteiger charge is 2.02. The summed E-state index contributed by atoms with van der Waals surface area (Å²) in [5, 5.41) is 8.90. The zero-order chi connectivity index (χ0) is 9.80. The Balaban J connectivity index is 2.58. The van der Waals surface area contributed by atoms with E-state index in [0.717, 1.165) is 11.1 Å². The summed E-state index contributed by atoms with van der Waals surface area (Å²) in [7, 11) is 0. The number of benzene rings is 1. The van der Waals surface area contributed by atoms with Crippen LogP contribution in [0.2, 0.25) is 0 Å². The van der Waals surface area contributed by atoms with Gasteiger partial charge in [0.25, 0.3) is 0 Å². The summed E-state index contributed by atoms with van der Waals surface area (Å²) >= 11 is 0. The zero-order valence-corrected chi connectivity index (χ0v) is 7.44. The Morgan fingerprint density at radius 2 is 2.00 bits per heavy atom. The van der Waals surface area contributed by atoms with Crippen LogP contribution in [0.3, 0.4) is 0 Å². The van der Waals surface area contributed by atoms with Gasteiger partial charge in [-0.3, -0.25) is 4.98 Å². The molecule has 0 bridgehead atoms. The van der Waals surface area contributed by atoms with Crippen LogP contribution in [0.15, 0.2) is 42.6 Å². The molecule has 0 unspecified atom stereocenters. The van der Waals surface area contributed by atoms with Gasteiger partial charge in [-0.05, 0) is 12.1 Å². The van der Waals surface area contributed by atoms with Gasteiger partial charge in [0.05, 0.1) is 17.8 Å². The van der Waals surface area contributed by atoms with E-state index in [1.165, 1.54) is 0 Å². The quantitative estimate of drug-likeness (QED) is 0.674. The van der Waals surface area contributed by atoms with Gasteiger partial charge in [-0.15, -0.1) is 0 Å². The van der Waals surface area contributed by atoms with Gasteiger partial charge in [-0.2, -0.15) is 5.26 Å². The molecule has 0 aliphatic rings. The lowest BCUT2D eigenvalue weighted by atomic mass is 10.0. The molecule has 2 rings (SSSR count). The van der Waals surface area contributed by atoms with Crippen molar-refractivity contribution in [2.24, 2.45) is 0 Å². The van der Waals surface area contributed by atoms with E-state index in [9.17, 15) is 0 Å². The molecule has 65 valence electrons. The summed E-state index contributed by atoms with van der Waals surface area (Å²) in [6.45, 7) is 0. The summed E-state index contributed by atoms with van der Waals surface area (Å²) in [5.74, 6) is 0. The van der Waals surface area contributed by atoms with Gasteiger partial charge < -0.3 is 0 Å². The number of pyridine rings is 1. The second-order valence-electron chi connectivity index (χ2n) is 2.82. The minimum absolute atomic E-state index is 0.650. The summed E-state index contributed by atoms with van der Waals surface area (Å²) in [6, 6.07) is 13.3. The lowest BCUT2D eigenvalue weighted by Crippen LogP contribution is -1.84.